The third-order valence-electron chi connectivity index (χ3n) is 3.05. The lowest BCUT2D eigenvalue weighted by Crippen LogP contribution is -2.21. The molecule has 1 saturated heterocycles. The Morgan fingerprint density at radius 1 is 1.63 bits per heavy atom. The maximum Gasteiger partial charge on any atom is 0.226 e. The lowest BCUT2D eigenvalue weighted by atomic mass is 10.3. The summed E-state index contributed by atoms with van der Waals surface area (Å²) >= 11 is 0. The molecule has 1 atom stereocenters. The number of carbonyl (C=O) groups excluding carboxylic acids is 1. The smallest absolute Gasteiger partial charge is 0.226 e. The van der Waals surface area contributed by atoms with Crippen LogP contribution in [0.4, 0.5) is 5.82 Å². The van der Waals surface area contributed by atoms with Crippen LogP contribution in [-0.4, -0.2) is 42.2 Å². The number of anilines is 1. The van der Waals surface area contributed by atoms with Crippen molar-refractivity contribution in [3.05, 3.63) is 11.8 Å². The molecule has 1 amide bonds. The number of hydrogen-bond acceptors (Lipinski definition) is 5. The first kappa shape index (κ1) is 14.0. The van der Waals surface area contributed by atoms with Gasteiger partial charge in [0, 0.05) is 19.0 Å². The van der Waals surface area contributed by atoms with Crippen LogP contribution in [0.5, 0.6) is 0 Å². The van der Waals surface area contributed by atoms with Crippen LogP contribution in [0.15, 0.2) is 6.07 Å². The van der Waals surface area contributed by atoms with Crippen LogP contribution in [0.3, 0.4) is 0 Å². The van der Waals surface area contributed by atoms with Gasteiger partial charge in [0.25, 0.3) is 0 Å². The van der Waals surface area contributed by atoms with E-state index in [0.717, 1.165) is 5.69 Å². The third-order valence-corrected chi connectivity index (χ3v) is 4.80. The Labute approximate surface area is 112 Å². The maximum absolute atomic E-state index is 11.6. The number of sulfone groups is 1. The zero-order valence-corrected chi connectivity index (χ0v) is 11.6. The fourth-order valence-electron chi connectivity index (χ4n) is 2.19. The van der Waals surface area contributed by atoms with Gasteiger partial charge < -0.3 is 11.1 Å². The highest BCUT2D eigenvalue weighted by Gasteiger charge is 2.31. The van der Waals surface area contributed by atoms with Gasteiger partial charge in [-0.3, -0.25) is 4.79 Å². The van der Waals surface area contributed by atoms with Gasteiger partial charge >= 0.3 is 0 Å². The normalized spacial score (nSPS) is 21.5. The van der Waals surface area contributed by atoms with Gasteiger partial charge in [-0.1, -0.05) is 0 Å². The number of rotatable bonds is 4. The van der Waals surface area contributed by atoms with Crippen molar-refractivity contribution in [1.82, 2.24) is 9.78 Å². The number of amides is 1. The number of nitrogens with one attached hydrogen (secondary N) is 1. The molecular weight excluding hydrogens is 268 g/mol. The van der Waals surface area contributed by atoms with Gasteiger partial charge in [0.2, 0.25) is 5.91 Å². The molecule has 0 bridgehead atoms. The molecule has 1 aliphatic rings. The molecule has 0 aliphatic carbocycles. The minimum Gasteiger partial charge on any atom is -0.330 e. The average Bonchev–Trinajstić information content (AvgIpc) is 2.82. The van der Waals surface area contributed by atoms with Gasteiger partial charge in [-0.05, 0) is 13.3 Å². The molecule has 2 rings (SSSR count). The average molecular weight is 286 g/mol. The second-order valence-electron chi connectivity index (χ2n) is 4.76. The van der Waals surface area contributed by atoms with E-state index in [1.165, 1.54) is 0 Å². The van der Waals surface area contributed by atoms with Crippen molar-refractivity contribution in [3.63, 3.8) is 0 Å². The van der Waals surface area contributed by atoms with Gasteiger partial charge in [-0.15, -0.1) is 0 Å². The summed E-state index contributed by atoms with van der Waals surface area (Å²) in [5.41, 5.74) is 6.06. The summed E-state index contributed by atoms with van der Waals surface area (Å²) in [5.74, 6) is 0.600. The summed E-state index contributed by atoms with van der Waals surface area (Å²) in [6.07, 6.45) is 0.760. The molecule has 0 radical (unpaired) electrons. The molecular formula is C11H18N4O3S. The van der Waals surface area contributed by atoms with Gasteiger partial charge in [-0.2, -0.15) is 5.10 Å². The summed E-state index contributed by atoms with van der Waals surface area (Å²) < 4.78 is 24.6. The second-order valence-corrected chi connectivity index (χ2v) is 6.99. The van der Waals surface area contributed by atoms with E-state index in [-0.39, 0.29) is 36.4 Å². The van der Waals surface area contributed by atoms with E-state index in [1.54, 1.807) is 17.7 Å². The number of nitrogens with zero attached hydrogens (tertiary/aromatic N) is 2. The van der Waals surface area contributed by atoms with E-state index >= 15 is 0 Å². The van der Waals surface area contributed by atoms with Crippen molar-refractivity contribution in [2.45, 2.75) is 25.8 Å². The molecule has 19 heavy (non-hydrogen) atoms. The monoisotopic (exact) mass is 286 g/mol. The van der Waals surface area contributed by atoms with Gasteiger partial charge in [0.05, 0.1) is 23.2 Å². The van der Waals surface area contributed by atoms with E-state index in [0.29, 0.717) is 12.2 Å². The van der Waals surface area contributed by atoms with Gasteiger partial charge in [-0.25, -0.2) is 13.1 Å². The van der Waals surface area contributed by atoms with Crippen LogP contribution in [0.2, 0.25) is 0 Å². The molecule has 3 N–H and O–H groups in total. The fourth-order valence-corrected chi connectivity index (χ4v) is 3.89. The molecule has 0 spiro atoms. The SMILES string of the molecule is Cc1cc(NC(=O)CCN)n([C@H]2CCS(=O)(=O)C2)n1. The fraction of sp³-hybridized carbons (Fsp3) is 0.636. The van der Waals surface area contributed by atoms with E-state index in [4.69, 9.17) is 5.73 Å². The lowest BCUT2D eigenvalue weighted by molar-refractivity contribution is -0.116. The number of hydrogen-bond donors (Lipinski definition) is 2. The molecule has 2 heterocycles. The second kappa shape index (κ2) is 5.30. The topological polar surface area (TPSA) is 107 Å². The van der Waals surface area contributed by atoms with Crippen molar-refractivity contribution < 1.29 is 13.2 Å². The molecule has 106 valence electrons. The first-order chi connectivity index (χ1) is 8.91. The summed E-state index contributed by atoms with van der Waals surface area (Å²) in [6.45, 7) is 2.08. The molecule has 1 aromatic heterocycles. The van der Waals surface area contributed by atoms with Crippen LogP contribution >= 0.6 is 0 Å². The van der Waals surface area contributed by atoms with Crippen molar-refractivity contribution in [3.8, 4) is 0 Å². The molecule has 0 aromatic carbocycles. The highest BCUT2D eigenvalue weighted by atomic mass is 32.2. The maximum atomic E-state index is 11.6. The Morgan fingerprint density at radius 3 is 2.95 bits per heavy atom. The molecule has 8 heteroatoms. The summed E-state index contributed by atoms with van der Waals surface area (Å²) in [6, 6.07) is 1.53. The summed E-state index contributed by atoms with van der Waals surface area (Å²) in [4.78, 5) is 11.6. The Balaban J connectivity index is 2.19. The van der Waals surface area contributed by atoms with Crippen LogP contribution in [-0.2, 0) is 14.6 Å². The first-order valence-electron chi connectivity index (χ1n) is 6.18. The van der Waals surface area contributed by atoms with Crippen LogP contribution in [0.1, 0.15) is 24.6 Å². The van der Waals surface area contributed by atoms with E-state index < -0.39 is 9.84 Å². The van der Waals surface area contributed by atoms with Crippen molar-refractivity contribution in [2.75, 3.05) is 23.4 Å². The molecule has 1 aliphatic heterocycles. The molecule has 1 aromatic rings. The standard InChI is InChI=1S/C11H18N4O3S/c1-8-6-10(13-11(16)2-4-12)15(14-8)9-3-5-19(17,18)7-9/h6,9H,2-5,7,12H2,1H3,(H,13,16)/t9-/m0/s1. The van der Waals surface area contributed by atoms with Gasteiger partial charge in [0.15, 0.2) is 9.84 Å². The zero-order chi connectivity index (χ0) is 14.0. The van der Waals surface area contributed by atoms with Crippen molar-refractivity contribution in [2.24, 2.45) is 5.73 Å². The number of aryl methyl sites for hydroxylation is 1. The van der Waals surface area contributed by atoms with Gasteiger partial charge in [0.1, 0.15) is 5.82 Å². The Hall–Kier alpha value is -1.41. The predicted molar refractivity (Wildman–Crippen MR) is 71.6 cm³/mol. The Kier molecular flexibility index (Phi) is 3.91. The minimum absolute atomic E-state index is 0.0773. The van der Waals surface area contributed by atoms with E-state index in [9.17, 15) is 13.2 Å². The highest BCUT2D eigenvalue weighted by molar-refractivity contribution is 7.91. The van der Waals surface area contributed by atoms with E-state index in [1.807, 2.05) is 0 Å². The van der Waals surface area contributed by atoms with Crippen molar-refractivity contribution in [1.29, 1.82) is 0 Å². The van der Waals surface area contributed by atoms with Crippen LogP contribution < -0.4 is 11.1 Å². The van der Waals surface area contributed by atoms with Crippen LogP contribution in [0.25, 0.3) is 0 Å². The molecule has 0 saturated carbocycles. The largest absolute Gasteiger partial charge is 0.330 e. The Morgan fingerprint density at radius 2 is 2.37 bits per heavy atom. The van der Waals surface area contributed by atoms with Crippen LogP contribution in [0, 0.1) is 6.92 Å². The highest BCUT2D eigenvalue weighted by Crippen LogP contribution is 2.27. The lowest BCUT2D eigenvalue weighted by Gasteiger charge is -2.13. The summed E-state index contributed by atoms with van der Waals surface area (Å²) in [5, 5.41) is 7.00. The third kappa shape index (κ3) is 3.32. The zero-order valence-electron chi connectivity index (χ0n) is 10.8. The minimum atomic E-state index is -2.98. The quantitative estimate of drug-likeness (QED) is 0.799. The summed E-state index contributed by atoms with van der Waals surface area (Å²) in [7, 11) is -2.98. The Bertz CT molecular complexity index is 579. The predicted octanol–water partition coefficient (Wildman–Crippen LogP) is -0.162. The first-order valence-corrected chi connectivity index (χ1v) is 8.00. The van der Waals surface area contributed by atoms with E-state index in [2.05, 4.69) is 10.4 Å². The molecule has 0 unspecified atom stereocenters. The molecule has 1 fully saturated rings. The number of aromatic nitrogens is 2. The number of nitrogens with two attached hydrogens (primary N) is 1. The number of carbonyl (C=O) groups is 1. The van der Waals surface area contributed by atoms with Crippen molar-refractivity contribution >= 4 is 21.6 Å². The molecule has 7 nitrogen and oxygen atoms in total.